The van der Waals surface area contributed by atoms with Crippen LogP contribution in [0, 0.1) is 10.1 Å². The van der Waals surface area contributed by atoms with Crippen LogP contribution < -0.4 is 5.32 Å². The Balaban J connectivity index is 2.04. The van der Waals surface area contributed by atoms with Gasteiger partial charge < -0.3 is 14.8 Å². The predicted octanol–water partition coefficient (Wildman–Crippen LogP) is 2.18. The number of rotatable bonds is 6. The monoisotopic (exact) mass is 358 g/mol. The third-order valence-electron chi connectivity index (χ3n) is 3.26. The molecular weight excluding hydrogens is 344 g/mol. The van der Waals surface area contributed by atoms with Gasteiger partial charge in [0.2, 0.25) is 0 Å². The molecule has 0 aliphatic carbocycles. The molecular formula is C17H14N2O7. The molecule has 134 valence electrons. The van der Waals surface area contributed by atoms with Gasteiger partial charge in [0.1, 0.15) is 5.69 Å². The highest BCUT2D eigenvalue weighted by molar-refractivity contribution is 6.04. The molecule has 1 amide bonds. The lowest BCUT2D eigenvalue weighted by Crippen LogP contribution is -2.22. The molecule has 0 heterocycles. The summed E-state index contributed by atoms with van der Waals surface area (Å²) in [6.45, 7) is -0.680. The number of nitro benzene ring substituents is 1. The third kappa shape index (κ3) is 4.41. The fourth-order valence-corrected chi connectivity index (χ4v) is 2.08. The van der Waals surface area contributed by atoms with Crippen LogP contribution in [0.2, 0.25) is 0 Å². The van der Waals surface area contributed by atoms with Gasteiger partial charge in [-0.15, -0.1) is 0 Å². The van der Waals surface area contributed by atoms with E-state index in [0.29, 0.717) is 0 Å². The maximum absolute atomic E-state index is 12.1. The molecule has 0 atom stereocenters. The van der Waals surface area contributed by atoms with Gasteiger partial charge in [0, 0.05) is 6.07 Å². The second-order valence-corrected chi connectivity index (χ2v) is 4.94. The van der Waals surface area contributed by atoms with Crippen LogP contribution in [0.25, 0.3) is 0 Å². The third-order valence-corrected chi connectivity index (χ3v) is 3.26. The number of benzene rings is 2. The Morgan fingerprint density at radius 2 is 1.58 bits per heavy atom. The molecule has 9 heteroatoms. The Morgan fingerprint density at radius 3 is 2.19 bits per heavy atom. The number of anilines is 1. The van der Waals surface area contributed by atoms with E-state index in [-0.39, 0.29) is 22.5 Å². The molecule has 0 aromatic heterocycles. The first-order valence-electron chi connectivity index (χ1n) is 7.31. The first-order chi connectivity index (χ1) is 12.4. The summed E-state index contributed by atoms with van der Waals surface area (Å²) >= 11 is 0. The molecule has 9 nitrogen and oxygen atoms in total. The van der Waals surface area contributed by atoms with Crippen molar-refractivity contribution in [2.24, 2.45) is 0 Å². The quantitative estimate of drug-likeness (QED) is 0.476. The number of hydrogen-bond acceptors (Lipinski definition) is 7. The molecule has 0 aliphatic rings. The van der Waals surface area contributed by atoms with Crippen LogP contribution in [0.4, 0.5) is 11.4 Å². The average molecular weight is 358 g/mol. The maximum Gasteiger partial charge on any atom is 0.339 e. The number of nitro groups is 1. The van der Waals surface area contributed by atoms with Gasteiger partial charge >= 0.3 is 11.9 Å². The molecule has 0 saturated heterocycles. The van der Waals surface area contributed by atoms with Gasteiger partial charge in [-0.2, -0.15) is 0 Å². The van der Waals surface area contributed by atoms with E-state index in [9.17, 15) is 24.5 Å². The van der Waals surface area contributed by atoms with Crippen molar-refractivity contribution in [2.75, 3.05) is 19.0 Å². The van der Waals surface area contributed by atoms with Crippen LogP contribution >= 0.6 is 0 Å². The van der Waals surface area contributed by atoms with E-state index in [2.05, 4.69) is 10.1 Å². The van der Waals surface area contributed by atoms with Gasteiger partial charge in [0.25, 0.3) is 11.6 Å². The Labute approximate surface area is 147 Å². The summed E-state index contributed by atoms with van der Waals surface area (Å²) in [5.41, 5.74) is -0.367. The maximum atomic E-state index is 12.1. The van der Waals surface area contributed by atoms with Crippen LogP contribution in [-0.4, -0.2) is 36.5 Å². The molecule has 26 heavy (non-hydrogen) atoms. The second-order valence-electron chi connectivity index (χ2n) is 4.94. The van der Waals surface area contributed by atoms with Crippen molar-refractivity contribution in [3.05, 3.63) is 69.8 Å². The van der Waals surface area contributed by atoms with Crippen molar-refractivity contribution < 1.29 is 28.8 Å². The largest absolute Gasteiger partial charge is 0.465 e. The zero-order chi connectivity index (χ0) is 19.1. The molecule has 0 bridgehead atoms. The SMILES string of the molecule is COC(=O)c1ccccc1C(=O)OCC(=O)Nc1ccccc1[N+](=O)[O-]. The van der Waals surface area contributed by atoms with Crippen LogP contribution in [-0.2, 0) is 14.3 Å². The standard InChI is InChI=1S/C17H14N2O7/c1-25-16(21)11-6-2-3-7-12(11)17(22)26-10-15(20)18-13-8-4-5-9-14(13)19(23)24/h2-9H,10H2,1H3,(H,18,20). The Hall–Kier alpha value is -3.75. The fraction of sp³-hybridized carbons (Fsp3) is 0.118. The summed E-state index contributed by atoms with van der Waals surface area (Å²) in [6.07, 6.45) is 0. The molecule has 0 fully saturated rings. The highest BCUT2D eigenvalue weighted by atomic mass is 16.6. The lowest BCUT2D eigenvalue weighted by molar-refractivity contribution is -0.383. The Bertz CT molecular complexity index is 864. The van der Waals surface area contributed by atoms with E-state index in [4.69, 9.17) is 4.74 Å². The van der Waals surface area contributed by atoms with E-state index in [0.717, 1.165) is 0 Å². The summed E-state index contributed by atoms with van der Waals surface area (Å²) in [5.74, 6) is -2.38. The van der Waals surface area contributed by atoms with Gasteiger partial charge in [-0.1, -0.05) is 24.3 Å². The van der Waals surface area contributed by atoms with E-state index in [1.807, 2.05) is 0 Å². The molecule has 1 N–H and O–H groups in total. The van der Waals surface area contributed by atoms with Gasteiger partial charge in [-0.05, 0) is 18.2 Å². The van der Waals surface area contributed by atoms with Crippen LogP contribution in [0.1, 0.15) is 20.7 Å². The number of para-hydroxylation sites is 2. The van der Waals surface area contributed by atoms with Crippen molar-refractivity contribution in [2.45, 2.75) is 0 Å². The number of amides is 1. The minimum atomic E-state index is -0.899. The number of ether oxygens (including phenoxy) is 2. The number of nitrogens with zero attached hydrogens (tertiary/aromatic N) is 1. The van der Waals surface area contributed by atoms with E-state index < -0.39 is 29.4 Å². The fourth-order valence-electron chi connectivity index (χ4n) is 2.08. The number of carbonyl (C=O) groups excluding carboxylic acids is 3. The molecule has 0 radical (unpaired) electrons. The van der Waals surface area contributed by atoms with Crippen LogP contribution in [0.5, 0.6) is 0 Å². The molecule has 0 spiro atoms. The minimum Gasteiger partial charge on any atom is -0.465 e. The van der Waals surface area contributed by atoms with Gasteiger partial charge in [0.05, 0.1) is 23.2 Å². The molecule has 2 rings (SSSR count). The van der Waals surface area contributed by atoms with E-state index in [1.165, 1.54) is 49.6 Å². The molecule has 0 aliphatic heterocycles. The first kappa shape index (κ1) is 18.6. The van der Waals surface area contributed by atoms with Crippen molar-refractivity contribution in [1.29, 1.82) is 0 Å². The number of methoxy groups -OCH3 is 1. The van der Waals surface area contributed by atoms with Gasteiger partial charge in [-0.3, -0.25) is 14.9 Å². The Morgan fingerprint density at radius 1 is 1.00 bits per heavy atom. The van der Waals surface area contributed by atoms with Gasteiger partial charge in [-0.25, -0.2) is 9.59 Å². The topological polar surface area (TPSA) is 125 Å². The average Bonchev–Trinajstić information content (AvgIpc) is 2.65. The normalized spacial score (nSPS) is 9.88. The highest BCUT2D eigenvalue weighted by Crippen LogP contribution is 2.23. The van der Waals surface area contributed by atoms with Crippen LogP contribution in [0.3, 0.4) is 0 Å². The predicted molar refractivity (Wildman–Crippen MR) is 89.8 cm³/mol. The van der Waals surface area contributed by atoms with Crippen LogP contribution in [0.15, 0.2) is 48.5 Å². The van der Waals surface area contributed by atoms with Crippen molar-refractivity contribution in [3.8, 4) is 0 Å². The first-order valence-corrected chi connectivity index (χ1v) is 7.31. The van der Waals surface area contributed by atoms with Crippen molar-refractivity contribution in [3.63, 3.8) is 0 Å². The number of hydrogen-bond donors (Lipinski definition) is 1. The minimum absolute atomic E-state index is 0.000828. The molecule has 0 unspecified atom stereocenters. The second kappa shape index (κ2) is 8.38. The number of nitrogens with one attached hydrogen (secondary N) is 1. The summed E-state index contributed by atoms with van der Waals surface area (Å²) in [4.78, 5) is 45.9. The highest BCUT2D eigenvalue weighted by Gasteiger charge is 2.20. The number of carbonyl (C=O) groups is 3. The summed E-state index contributed by atoms with van der Waals surface area (Å²) in [5, 5.41) is 13.2. The van der Waals surface area contributed by atoms with Gasteiger partial charge in [0.15, 0.2) is 6.61 Å². The zero-order valence-corrected chi connectivity index (χ0v) is 13.6. The van der Waals surface area contributed by atoms with Crippen molar-refractivity contribution in [1.82, 2.24) is 0 Å². The summed E-state index contributed by atoms with van der Waals surface area (Å²) in [7, 11) is 1.17. The number of esters is 2. The lowest BCUT2D eigenvalue weighted by atomic mass is 10.1. The molecule has 2 aromatic carbocycles. The lowest BCUT2D eigenvalue weighted by Gasteiger charge is -2.09. The van der Waals surface area contributed by atoms with E-state index >= 15 is 0 Å². The summed E-state index contributed by atoms with van der Waals surface area (Å²) in [6, 6.07) is 11.4. The van der Waals surface area contributed by atoms with Crippen molar-refractivity contribution >= 4 is 29.2 Å². The zero-order valence-electron chi connectivity index (χ0n) is 13.6. The summed E-state index contributed by atoms with van der Waals surface area (Å²) < 4.78 is 9.45. The molecule has 2 aromatic rings. The smallest absolute Gasteiger partial charge is 0.339 e. The molecule has 0 saturated carbocycles. The van der Waals surface area contributed by atoms with E-state index in [1.54, 1.807) is 6.07 Å². The Kier molecular flexibility index (Phi) is 5.99.